The fourth-order valence-corrected chi connectivity index (χ4v) is 2.09. The lowest BCUT2D eigenvalue weighted by molar-refractivity contribution is 0.145. The van der Waals surface area contributed by atoms with Crippen molar-refractivity contribution in [2.75, 3.05) is 13.1 Å². The second-order valence-electron chi connectivity index (χ2n) is 4.15. The van der Waals surface area contributed by atoms with Gasteiger partial charge in [-0.05, 0) is 39.3 Å². The number of hydrogen-bond acceptors (Lipinski definition) is 2. The molecular weight excluding hydrogens is 193 g/mol. The van der Waals surface area contributed by atoms with Gasteiger partial charge in [-0.1, -0.05) is 0 Å². The van der Waals surface area contributed by atoms with Gasteiger partial charge in [-0.2, -0.15) is 5.10 Å². The quantitative estimate of drug-likeness (QED) is 0.809. The molecule has 2 heterocycles. The highest BCUT2D eigenvalue weighted by Gasteiger charge is 2.33. The number of alkyl halides is 1. The smallest absolute Gasteiger partial charge is 0.140 e. The molecule has 0 aromatic carbocycles. The van der Waals surface area contributed by atoms with Crippen LogP contribution in [-0.4, -0.2) is 22.9 Å². The molecule has 84 valence electrons. The monoisotopic (exact) mass is 211 g/mol. The molecule has 1 fully saturated rings. The molecule has 0 radical (unpaired) electrons. The van der Waals surface area contributed by atoms with Gasteiger partial charge in [0.2, 0.25) is 0 Å². The zero-order valence-electron chi connectivity index (χ0n) is 9.17. The number of aromatic nitrogens is 2. The summed E-state index contributed by atoms with van der Waals surface area (Å²) < 4.78 is 16.4. The van der Waals surface area contributed by atoms with Gasteiger partial charge in [0.15, 0.2) is 0 Å². The van der Waals surface area contributed by atoms with E-state index in [9.17, 15) is 4.39 Å². The number of nitrogens with one attached hydrogen (secondary N) is 1. The van der Waals surface area contributed by atoms with Gasteiger partial charge in [-0.25, -0.2) is 4.39 Å². The highest BCUT2D eigenvalue weighted by molar-refractivity contribution is 5.16. The number of aryl methyl sites for hydroxylation is 1. The number of rotatable bonds is 2. The molecule has 1 aromatic heterocycles. The molecule has 3 nitrogen and oxygen atoms in total. The van der Waals surface area contributed by atoms with E-state index in [1.165, 1.54) is 0 Å². The number of hydrogen-bond donors (Lipinski definition) is 1. The molecule has 1 aromatic rings. The maximum atomic E-state index is 14.6. The average Bonchev–Trinajstić information content (AvgIpc) is 2.63. The topological polar surface area (TPSA) is 29.9 Å². The van der Waals surface area contributed by atoms with Crippen LogP contribution in [0.25, 0.3) is 0 Å². The minimum Gasteiger partial charge on any atom is -0.317 e. The second kappa shape index (κ2) is 4.31. The molecule has 1 saturated heterocycles. The van der Waals surface area contributed by atoms with Gasteiger partial charge in [0.05, 0.1) is 6.20 Å². The summed E-state index contributed by atoms with van der Waals surface area (Å²) in [6.45, 7) is 4.49. The standard InChI is InChI=1S/C11H18FN3/c1-2-15-9-10(8-14-15)11(12)4-3-6-13-7-5-11/h8-9,13H,2-7H2,1H3. The Bertz CT molecular complexity index is 313. The van der Waals surface area contributed by atoms with Crippen LogP contribution in [0.1, 0.15) is 31.7 Å². The average molecular weight is 211 g/mol. The predicted molar refractivity (Wildman–Crippen MR) is 57.4 cm³/mol. The third-order valence-corrected chi connectivity index (χ3v) is 3.10. The zero-order valence-corrected chi connectivity index (χ0v) is 9.17. The van der Waals surface area contributed by atoms with Crippen molar-refractivity contribution >= 4 is 0 Å². The van der Waals surface area contributed by atoms with Crippen molar-refractivity contribution in [1.82, 2.24) is 15.1 Å². The first-order chi connectivity index (χ1) is 7.24. The summed E-state index contributed by atoms with van der Waals surface area (Å²) >= 11 is 0. The van der Waals surface area contributed by atoms with E-state index in [1.807, 2.05) is 13.1 Å². The van der Waals surface area contributed by atoms with Crippen molar-refractivity contribution in [1.29, 1.82) is 0 Å². The van der Waals surface area contributed by atoms with E-state index in [1.54, 1.807) is 10.9 Å². The summed E-state index contributed by atoms with van der Waals surface area (Å²) in [7, 11) is 0. The Morgan fingerprint density at radius 1 is 1.53 bits per heavy atom. The van der Waals surface area contributed by atoms with E-state index in [-0.39, 0.29) is 0 Å². The molecule has 1 aliphatic heterocycles. The zero-order chi connectivity index (χ0) is 10.7. The van der Waals surface area contributed by atoms with Crippen LogP contribution >= 0.6 is 0 Å². The lowest BCUT2D eigenvalue weighted by Gasteiger charge is -2.21. The molecular formula is C11H18FN3. The maximum absolute atomic E-state index is 14.6. The van der Waals surface area contributed by atoms with E-state index in [2.05, 4.69) is 10.4 Å². The first-order valence-electron chi connectivity index (χ1n) is 5.67. The second-order valence-corrected chi connectivity index (χ2v) is 4.15. The summed E-state index contributed by atoms with van der Waals surface area (Å²) in [5.74, 6) is 0. The summed E-state index contributed by atoms with van der Waals surface area (Å²) in [6.07, 6.45) is 5.58. The van der Waals surface area contributed by atoms with Crippen molar-refractivity contribution in [2.45, 2.75) is 38.4 Å². The van der Waals surface area contributed by atoms with Gasteiger partial charge < -0.3 is 5.32 Å². The van der Waals surface area contributed by atoms with Gasteiger partial charge in [0, 0.05) is 18.3 Å². The fraction of sp³-hybridized carbons (Fsp3) is 0.727. The Kier molecular flexibility index (Phi) is 3.05. The molecule has 0 aliphatic carbocycles. The van der Waals surface area contributed by atoms with Crippen molar-refractivity contribution in [2.24, 2.45) is 0 Å². The van der Waals surface area contributed by atoms with Crippen LogP contribution in [0.4, 0.5) is 4.39 Å². The first kappa shape index (κ1) is 10.6. The Hall–Kier alpha value is -0.900. The highest BCUT2D eigenvalue weighted by Crippen LogP contribution is 2.35. The summed E-state index contributed by atoms with van der Waals surface area (Å²) in [6, 6.07) is 0. The third-order valence-electron chi connectivity index (χ3n) is 3.10. The molecule has 0 spiro atoms. The Morgan fingerprint density at radius 3 is 3.13 bits per heavy atom. The van der Waals surface area contributed by atoms with Crippen LogP contribution in [-0.2, 0) is 12.2 Å². The molecule has 15 heavy (non-hydrogen) atoms. The van der Waals surface area contributed by atoms with E-state index >= 15 is 0 Å². The number of halogens is 1. The van der Waals surface area contributed by atoms with E-state index < -0.39 is 5.67 Å². The van der Waals surface area contributed by atoms with Gasteiger partial charge in [0.25, 0.3) is 0 Å². The minimum atomic E-state index is -1.17. The SMILES string of the molecule is CCn1cc(C2(F)CCCNCC2)cn1. The van der Waals surface area contributed by atoms with Crippen LogP contribution in [0, 0.1) is 0 Å². The van der Waals surface area contributed by atoms with Crippen molar-refractivity contribution < 1.29 is 4.39 Å². The normalized spacial score (nSPS) is 27.6. The minimum absolute atomic E-state index is 0.558. The highest BCUT2D eigenvalue weighted by atomic mass is 19.1. The fourth-order valence-electron chi connectivity index (χ4n) is 2.09. The van der Waals surface area contributed by atoms with Crippen molar-refractivity contribution in [3.63, 3.8) is 0 Å². The lowest BCUT2D eigenvalue weighted by atomic mass is 9.91. The third kappa shape index (κ3) is 2.20. The van der Waals surface area contributed by atoms with Crippen molar-refractivity contribution in [3.05, 3.63) is 18.0 Å². The van der Waals surface area contributed by atoms with E-state index in [0.717, 1.165) is 31.6 Å². The predicted octanol–water partition coefficient (Wildman–Crippen LogP) is 1.84. The summed E-state index contributed by atoms with van der Waals surface area (Å²) in [5.41, 5.74) is -0.426. The summed E-state index contributed by atoms with van der Waals surface area (Å²) in [4.78, 5) is 0. The van der Waals surface area contributed by atoms with Gasteiger partial charge in [-0.15, -0.1) is 0 Å². The molecule has 4 heteroatoms. The lowest BCUT2D eigenvalue weighted by Crippen LogP contribution is -2.21. The van der Waals surface area contributed by atoms with Gasteiger partial charge >= 0.3 is 0 Å². The first-order valence-corrected chi connectivity index (χ1v) is 5.67. The van der Waals surface area contributed by atoms with Crippen LogP contribution in [0.15, 0.2) is 12.4 Å². The summed E-state index contributed by atoms with van der Waals surface area (Å²) in [5, 5.41) is 7.37. The largest absolute Gasteiger partial charge is 0.317 e. The van der Waals surface area contributed by atoms with Crippen molar-refractivity contribution in [3.8, 4) is 0 Å². The van der Waals surface area contributed by atoms with Gasteiger partial charge in [0.1, 0.15) is 5.67 Å². The molecule has 2 rings (SSSR count). The molecule has 0 amide bonds. The molecule has 1 atom stereocenters. The number of nitrogens with zero attached hydrogens (tertiary/aromatic N) is 2. The Morgan fingerprint density at radius 2 is 2.40 bits per heavy atom. The maximum Gasteiger partial charge on any atom is 0.140 e. The van der Waals surface area contributed by atoms with Crippen LogP contribution in [0.3, 0.4) is 0 Å². The Labute approximate surface area is 89.7 Å². The van der Waals surface area contributed by atoms with Crippen LogP contribution in [0.5, 0.6) is 0 Å². The molecule has 0 bridgehead atoms. The van der Waals surface area contributed by atoms with Gasteiger partial charge in [-0.3, -0.25) is 4.68 Å². The molecule has 1 unspecified atom stereocenters. The molecule has 0 saturated carbocycles. The van der Waals surface area contributed by atoms with E-state index in [4.69, 9.17) is 0 Å². The van der Waals surface area contributed by atoms with Crippen LogP contribution < -0.4 is 5.32 Å². The van der Waals surface area contributed by atoms with Crippen LogP contribution in [0.2, 0.25) is 0 Å². The Balaban J connectivity index is 2.18. The molecule has 1 aliphatic rings. The molecule has 1 N–H and O–H groups in total. The van der Waals surface area contributed by atoms with E-state index in [0.29, 0.717) is 12.8 Å².